The molecular formula is C16H17Cl2NS. The summed E-state index contributed by atoms with van der Waals surface area (Å²) in [5.74, 6) is 0.878. The molecular weight excluding hydrogens is 309 g/mol. The fourth-order valence-corrected chi connectivity index (χ4v) is 3.27. The number of halogens is 2. The molecule has 0 aliphatic carbocycles. The van der Waals surface area contributed by atoms with E-state index in [1.807, 2.05) is 37.3 Å². The zero-order valence-electron chi connectivity index (χ0n) is 11.3. The Morgan fingerprint density at radius 3 is 2.30 bits per heavy atom. The lowest BCUT2D eigenvalue weighted by atomic mass is 10.1. The van der Waals surface area contributed by atoms with Crippen LogP contribution in [0.1, 0.15) is 18.1 Å². The highest BCUT2D eigenvalue weighted by Gasteiger charge is 2.05. The lowest BCUT2D eigenvalue weighted by Gasteiger charge is -2.09. The van der Waals surface area contributed by atoms with E-state index in [-0.39, 0.29) is 6.04 Å². The first-order chi connectivity index (χ1) is 9.54. The number of nitrogens with two attached hydrogens (primary N) is 1. The van der Waals surface area contributed by atoms with Crippen molar-refractivity contribution in [1.82, 2.24) is 0 Å². The Bertz CT molecular complexity index is 567. The predicted molar refractivity (Wildman–Crippen MR) is 89.8 cm³/mol. The van der Waals surface area contributed by atoms with E-state index in [0.29, 0.717) is 0 Å². The van der Waals surface area contributed by atoms with Gasteiger partial charge in [0.25, 0.3) is 0 Å². The van der Waals surface area contributed by atoms with E-state index in [2.05, 4.69) is 12.1 Å². The van der Waals surface area contributed by atoms with Crippen molar-refractivity contribution in [3.63, 3.8) is 0 Å². The van der Waals surface area contributed by atoms with Gasteiger partial charge < -0.3 is 5.73 Å². The van der Waals surface area contributed by atoms with Gasteiger partial charge in [-0.15, -0.1) is 11.8 Å². The second-order valence-corrected chi connectivity index (χ2v) is 6.72. The predicted octanol–water partition coefficient (Wildman–Crippen LogP) is 5.18. The molecule has 0 saturated carbocycles. The summed E-state index contributed by atoms with van der Waals surface area (Å²) in [6.45, 7) is 2.00. The first kappa shape index (κ1) is 15.7. The molecule has 2 aromatic carbocycles. The SMILES string of the molecule is CC(N)Cc1ccc(SCc2ccc(Cl)cc2)c(Cl)c1. The Morgan fingerprint density at radius 2 is 1.70 bits per heavy atom. The molecule has 106 valence electrons. The molecule has 0 heterocycles. The van der Waals surface area contributed by atoms with E-state index in [1.165, 1.54) is 11.1 Å². The zero-order valence-corrected chi connectivity index (χ0v) is 13.6. The second-order valence-electron chi connectivity index (χ2n) is 4.86. The quantitative estimate of drug-likeness (QED) is 0.767. The van der Waals surface area contributed by atoms with E-state index >= 15 is 0 Å². The molecule has 0 saturated heterocycles. The molecule has 2 rings (SSSR count). The standard InChI is InChI=1S/C16H17Cl2NS/c1-11(19)8-13-4-7-16(15(18)9-13)20-10-12-2-5-14(17)6-3-12/h2-7,9,11H,8,10,19H2,1H3. The Labute approximate surface area is 134 Å². The normalized spacial score (nSPS) is 12.4. The lowest BCUT2D eigenvalue weighted by molar-refractivity contribution is 0.738. The molecule has 1 atom stereocenters. The molecule has 0 bridgehead atoms. The van der Waals surface area contributed by atoms with Gasteiger partial charge in [0.15, 0.2) is 0 Å². The van der Waals surface area contributed by atoms with Crippen molar-refractivity contribution < 1.29 is 0 Å². The van der Waals surface area contributed by atoms with Crippen LogP contribution in [0.4, 0.5) is 0 Å². The molecule has 0 fully saturated rings. The van der Waals surface area contributed by atoms with Gasteiger partial charge in [0, 0.05) is 21.7 Å². The fourth-order valence-electron chi connectivity index (χ4n) is 1.90. The topological polar surface area (TPSA) is 26.0 Å². The molecule has 2 aromatic rings. The van der Waals surface area contributed by atoms with Gasteiger partial charge in [0.05, 0.1) is 5.02 Å². The fraction of sp³-hybridized carbons (Fsp3) is 0.250. The van der Waals surface area contributed by atoms with Gasteiger partial charge in [-0.1, -0.05) is 41.4 Å². The summed E-state index contributed by atoms with van der Waals surface area (Å²) in [4.78, 5) is 1.09. The van der Waals surface area contributed by atoms with Gasteiger partial charge in [0.2, 0.25) is 0 Å². The van der Waals surface area contributed by atoms with Crippen molar-refractivity contribution in [1.29, 1.82) is 0 Å². The number of rotatable bonds is 5. The highest BCUT2D eigenvalue weighted by atomic mass is 35.5. The van der Waals surface area contributed by atoms with E-state index in [1.54, 1.807) is 11.8 Å². The zero-order chi connectivity index (χ0) is 14.5. The van der Waals surface area contributed by atoms with Gasteiger partial charge >= 0.3 is 0 Å². The van der Waals surface area contributed by atoms with Crippen molar-refractivity contribution in [2.45, 2.75) is 30.0 Å². The molecule has 0 aliphatic rings. The second kappa shape index (κ2) is 7.37. The molecule has 0 aliphatic heterocycles. The molecule has 0 aromatic heterocycles. The molecule has 2 N–H and O–H groups in total. The van der Waals surface area contributed by atoms with Crippen LogP contribution in [0.2, 0.25) is 10.0 Å². The van der Waals surface area contributed by atoms with Gasteiger partial charge in [-0.25, -0.2) is 0 Å². The van der Waals surface area contributed by atoms with E-state index in [9.17, 15) is 0 Å². The van der Waals surface area contributed by atoms with Crippen molar-refractivity contribution >= 4 is 35.0 Å². The van der Waals surface area contributed by atoms with Crippen molar-refractivity contribution in [3.05, 3.63) is 63.6 Å². The third kappa shape index (κ3) is 4.71. The first-order valence-electron chi connectivity index (χ1n) is 6.46. The minimum absolute atomic E-state index is 0.152. The molecule has 4 heteroatoms. The number of hydrogen-bond donors (Lipinski definition) is 1. The minimum Gasteiger partial charge on any atom is -0.328 e. The Kier molecular flexibility index (Phi) is 5.79. The summed E-state index contributed by atoms with van der Waals surface area (Å²) in [7, 11) is 0. The third-order valence-electron chi connectivity index (χ3n) is 2.86. The molecule has 0 amide bonds. The maximum absolute atomic E-state index is 6.32. The van der Waals surface area contributed by atoms with Crippen LogP contribution < -0.4 is 5.73 Å². The summed E-state index contributed by atoms with van der Waals surface area (Å²) in [5, 5.41) is 1.55. The Hall–Kier alpha value is -0.670. The van der Waals surface area contributed by atoms with Gasteiger partial charge in [-0.05, 0) is 48.7 Å². The maximum Gasteiger partial charge on any atom is 0.0544 e. The summed E-state index contributed by atoms with van der Waals surface area (Å²) < 4.78 is 0. The van der Waals surface area contributed by atoms with E-state index in [4.69, 9.17) is 28.9 Å². The smallest absolute Gasteiger partial charge is 0.0544 e. The summed E-state index contributed by atoms with van der Waals surface area (Å²) in [6.07, 6.45) is 0.849. The largest absolute Gasteiger partial charge is 0.328 e. The van der Waals surface area contributed by atoms with E-state index in [0.717, 1.165) is 27.1 Å². The highest BCUT2D eigenvalue weighted by Crippen LogP contribution is 2.31. The lowest BCUT2D eigenvalue weighted by Crippen LogP contribution is -2.17. The van der Waals surface area contributed by atoms with Gasteiger partial charge in [-0.3, -0.25) is 0 Å². The number of benzene rings is 2. The van der Waals surface area contributed by atoms with Crippen LogP contribution in [0.3, 0.4) is 0 Å². The van der Waals surface area contributed by atoms with Crippen LogP contribution in [-0.2, 0) is 12.2 Å². The Balaban J connectivity index is 2.01. The van der Waals surface area contributed by atoms with Gasteiger partial charge in [-0.2, -0.15) is 0 Å². The van der Waals surface area contributed by atoms with Crippen molar-refractivity contribution in [2.75, 3.05) is 0 Å². The maximum atomic E-state index is 6.32. The van der Waals surface area contributed by atoms with Crippen LogP contribution in [0.15, 0.2) is 47.4 Å². The van der Waals surface area contributed by atoms with Crippen molar-refractivity contribution in [2.24, 2.45) is 5.73 Å². The van der Waals surface area contributed by atoms with Crippen LogP contribution >= 0.6 is 35.0 Å². The highest BCUT2D eigenvalue weighted by molar-refractivity contribution is 7.98. The number of thioether (sulfide) groups is 1. The van der Waals surface area contributed by atoms with Crippen LogP contribution in [0, 0.1) is 0 Å². The molecule has 20 heavy (non-hydrogen) atoms. The summed E-state index contributed by atoms with van der Waals surface area (Å²) >= 11 is 13.9. The molecule has 1 unspecified atom stereocenters. The van der Waals surface area contributed by atoms with Gasteiger partial charge in [0.1, 0.15) is 0 Å². The van der Waals surface area contributed by atoms with Crippen LogP contribution in [0.5, 0.6) is 0 Å². The van der Waals surface area contributed by atoms with Crippen LogP contribution in [-0.4, -0.2) is 6.04 Å². The molecule has 0 spiro atoms. The first-order valence-corrected chi connectivity index (χ1v) is 8.20. The average molecular weight is 326 g/mol. The monoisotopic (exact) mass is 325 g/mol. The van der Waals surface area contributed by atoms with Crippen LogP contribution in [0.25, 0.3) is 0 Å². The summed E-state index contributed by atoms with van der Waals surface area (Å²) in [6, 6.07) is 14.2. The average Bonchev–Trinajstić information content (AvgIpc) is 2.39. The Morgan fingerprint density at radius 1 is 1.05 bits per heavy atom. The minimum atomic E-state index is 0.152. The molecule has 0 radical (unpaired) electrons. The number of hydrogen-bond acceptors (Lipinski definition) is 2. The summed E-state index contributed by atoms with van der Waals surface area (Å²) in [5.41, 5.74) is 8.21. The third-order valence-corrected chi connectivity index (χ3v) is 4.68. The van der Waals surface area contributed by atoms with Crippen molar-refractivity contribution in [3.8, 4) is 0 Å². The molecule has 1 nitrogen and oxygen atoms in total. The van der Waals surface area contributed by atoms with E-state index < -0.39 is 0 Å².